The fourth-order valence-electron chi connectivity index (χ4n) is 4.67. The normalized spacial score (nSPS) is 10.9. The molecule has 3 heteroatoms. The summed E-state index contributed by atoms with van der Waals surface area (Å²) in [5.41, 5.74) is 0. The molecule has 0 heterocycles. The van der Waals surface area contributed by atoms with Gasteiger partial charge in [0.05, 0.1) is 6.61 Å². The van der Waals surface area contributed by atoms with Crippen LogP contribution in [0.15, 0.2) is 0 Å². The zero-order valence-corrected chi connectivity index (χ0v) is 29.0. The molecule has 0 amide bonds. The molecule has 0 radical (unpaired) electrons. The lowest BCUT2D eigenvalue weighted by Crippen LogP contribution is -2.05. The lowest BCUT2D eigenvalue weighted by Gasteiger charge is -2.06. The number of unbranched alkanes of at least 4 members (excludes halogenated alkanes) is 24. The first kappa shape index (κ1) is 43.9. The molecule has 0 aliphatic carbocycles. The van der Waals surface area contributed by atoms with E-state index in [2.05, 4.69) is 41.5 Å². The first-order valence-electron chi connectivity index (χ1n) is 18.1. The predicted octanol–water partition coefficient (Wildman–Crippen LogP) is 13.6. The average Bonchev–Trinajstić information content (AvgIpc) is 2.91. The van der Waals surface area contributed by atoms with Crippen molar-refractivity contribution < 1.29 is 9.53 Å². The van der Waals surface area contributed by atoms with E-state index in [4.69, 9.17) is 4.74 Å². The quantitative estimate of drug-likeness (QED) is 0.0719. The molecule has 0 aliphatic rings. The van der Waals surface area contributed by atoms with Crippen LogP contribution in [0.2, 0.25) is 0 Å². The zero-order chi connectivity index (χ0) is 29.2. The van der Waals surface area contributed by atoms with Crippen LogP contribution in [0.1, 0.15) is 215 Å². The SMILES string of the molecule is CC(C)C(C)C.CCCCCCCCCCCCCCCCCC(=O)OCCCCCCCCCCCCC.N. The Morgan fingerprint density at radius 2 is 0.675 bits per heavy atom. The molecule has 0 bridgehead atoms. The Morgan fingerprint density at radius 1 is 0.425 bits per heavy atom. The van der Waals surface area contributed by atoms with Crippen molar-refractivity contribution in [2.24, 2.45) is 11.8 Å². The Morgan fingerprint density at radius 3 is 0.950 bits per heavy atom. The minimum absolute atomic E-state index is 0. The van der Waals surface area contributed by atoms with Crippen molar-refractivity contribution in [2.75, 3.05) is 6.61 Å². The maximum absolute atomic E-state index is 11.8. The molecular formula is C37H79NO2. The van der Waals surface area contributed by atoms with Gasteiger partial charge in [-0.3, -0.25) is 4.79 Å². The summed E-state index contributed by atoms with van der Waals surface area (Å²) in [6.45, 7) is 14.2. The average molecular weight is 570 g/mol. The zero-order valence-electron chi connectivity index (χ0n) is 29.0. The van der Waals surface area contributed by atoms with Gasteiger partial charge in [0, 0.05) is 6.42 Å². The van der Waals surface area contributed by atoms with E-state index >= 15 is 0 Å². The number of ether oxygens (including phenoxy) is 1. The number of hydrogen-bond donors (Lipinski definition) is 1. The van der Waals surface area contributed by atoms with E-state index < -0.39 is 0 Å². The predicted molar refractivity (Wildman–Crippen MR) is 182 cm³/mol. The fourth-order valence-corrected chi connectivity index (χ4v) is 4.67. The maximum Gasteiger partial charge on any atom is 0.305 e. The van der Waals surface area contributed by atoms with Gasteiger partial charge in [-0.15, -0.1) is 0 Å². The van der Waals surface area contributed by atoms with Crippen molar-refractivity contribution in [3.05, 3.63) is 0 Å². The van der Waals surface area contributed by atoms with Crippen LogP contribution in [-0.2, 0) is 9.53 Å². The molecule has 0 aromatic rings. The highest BCUT2D eigenvalue weighted by Gasteiger charge is 2.03. The molecular weight excluding hydrogens is 490 g/mol. The van der Waals surface area contributed by atoms with Crippen molar-refractivity contribution >= 4 is 5.97 Å². The summed E-state index contributed by atoms with van der Waals surface area (Å²) in [6.07, 6.45) is 35.7. The van der Waals surface area contributed by atoms with Gasteiger partial charge >= 0.3 is 5.97 Å². The van der Waals surface area contributed by atoms with Crippen molar-refractivity contribution in [3.8, 4) is 0 Å². The molecule has 0 aromatic heterocycles. The summed E-state index contributed by atoms with van der Waals surface area (Å²) < 4.78 is 5.40. The monoisotopic (exact) mass is 570 g/mol. The first-order chi connectivity index (χ1) is 19.0. The second kappa shape index (κ2) is 38.4. The van der Waals surface area contributed by atoms with Gasteiger partial charge in [0.2, 0.25) is 0 Å². The molecule has 0 aromatic carbocycles. The topological polar surface area (TPSA) is 61.3 Å². The number of hydrogen-bond acceptors (Lipinski definition) is 3. The van der Waals surface area contributed by atoms with Gasteiger partial charge in [0.15, 0.2) is 0 Å². The number of esters is 1. The van der Waals surface area contributed by atoms with Crippen molar-refractivity contribution in [2.45, 2.75) is 215 Å². The van der Waals surface area contributed by atoms with Crippen LogP contribution in [0.5, 0.6) is 0 Å². The van der Waals surface area contributed by atoms with Gasteiger partial charge in [-0.05, 0) is 24.7 Å². The highest BCUT2D eigenvalue weighted by molar-refractivity contribution is 5.69. The van der Waals surface area contributed by atoms with E-state index in [0.717, 1.165) is 24.7 Å². The smallest absolute Gasteiger partial charge is 0.305 e. The van der Waals surface area contributed by atoms with E-state index in [0.29, 0.717) is 13.0 Å². The third kappa shape index (κ3) is 41.9. The number of carbonyl (C=O) groups is 1. The van der Waals surface area contributed by atoms with Crippen LogP contribution in [0.3, 0.4) is 0 Å². The summed E-state index contributed by atoms with van der Waals surface area (Å²) in [7, 11) is 0. The highest BCUT2D eigenvalue weighted by Crippen LogP contribution is 2.14. The van der Waals surface area contributed by atoms with Crippen LogP contribution in [0.25, 0.3) is 0 Å². The molecule has 0 spiro atoms. The second-order valence-electron chi connectivity index (χ2n) is 12.9. The molecule has 0 saturated carbocycles. The van der Waals surface area contributed by atoms with Crippen LogP contribution >= 0.6 is 0 Å². The molecule has 244 valence electrons. The summed E-state index contributed by atoms with van der Waals surface area (Å²) in [6, 6.07) is 0. The van der Waals surface area contributed by atoms with E-state index in [-0.39, 0.29) is 12.1 Å². The molecule has 3 nitrogen and oxygen atoms in total. The molecule has 40 heavy (non-hydrogen) atoms. The lowest BCUT2D eigenvalue weighted by atomic mass is 10.0. The van der Waals surface area contributed by atoms with Gasteiger partial charge < -0.3 is 10.9 Å². The van der Waals surface area contributed by atoms with Crippen LogP contribution < -0.4 is 6.15 Å². The second-order valence-corrected chi connectivity index (χ2v) is 12.9. The Kier molecular flexibility index (Phi) is 42.2. The van der Waals surface area contributed by atoms with Crippen LogP contribution in [0, 0.1) is 11.8 Å². The van der Waals surface area contributed by atoms with E-state index in [1.165, 1.54) is 154 Å². The van der Waals surface area contributed by atoms with Gasteiger partial charge in [-0.2, -0.15) is 0 Å². The van der Waals surface area contributed by atoms with E-state index in [9.17, 15) is 4.79 Å². The maximum atomic E-state index is 11.8. The number of carbonyl (C=O) groups excluding carboxylic acids is 1. The molecule has 0 unspecified atom stereocenters. The molecule has 0 rings (SSSR count). The minimum atomic E-state index is 0. The Hall–Kier alpha value is -0.570. The first-order valence-corrected chi connectivity index (χ1v) is 18.1. The van der Waals surface area contributed by atoms with Crippen molar-refractivity contribution in [3.63, 3.8) is 0 Å². The Bertz CT molecular complexity index is 443. The van der Waals surface area contributed by atoms with Gasteiger partial charge in [0.1, 0.15) is 0 Å². The lowest BCUT2D eigenvalue weighted by molar-refractivity contribution is -0.143. The number of rotatable bonds is 29. The summed E-state index contributed by atoms with van der Waals surface area (Å²) >= 11 is 0. The Balaban J connectivity index is -0.00000175. The summed E-state index contributed by atoms with van der Waals surface area (Å²) in [5.74, 6) is 1.73. The largest absolute Gasteiger partial charge is 0.466 e. The van der Waals surface area contributed by atoms with Gasteiger partial charge in [-0.1, -0.05) is 196 Å². The van der Waals surface area contributed by atoms with Crippen LogP contribution in [0.4, 0.5) is 0 Å². The van der Waals surface area contributed by atoms with Crippen LogP contribution in [-0.4, -0.2) is 12.6 Å². The summed E-state index contributed by atoms with van der Waals surface area (Å²) in [5, 5.41) is 0. The molecule has 0 saturated heterocycles. The Labute approximate surface area is 254 Å². The van der Waals surface area contributed by atoms with Crippen molar-refractivity contribution in [1.29, 1.82) is 0 Å². The highest BCUT2D eigenvalue weighted by atomic mass is 16.5. The molecule has 0 aliphatic heterocycles. The molecule has 0 fully saturated rings. The van der Waals surface area contributed by atoms with Gasteiger partial charge in [0.25, 0.3) is 0 Å². The summed E-state index contributed by atoms with van der Waals surface area (Å²) in [4.78, 5) is 11.8. The standard InChI is InChI=1S/C31H62O2.C6H14.H3N/c1-3-5-7-9-11-13-15-16-17-18-19-21-23-25-27-29-31(32)33-30-28-26-24-22-20-14-12-10-8-6-4-2;1-5(2)6(3)4;/h3-30H2,1-2H3;5-6H,1-4H3;1H3. The van der Waals surface area contributed by atoms with E-state index in [1.54, 1.807) is 0 Å². The molecule has 3 N–H and O–H groups in total. The third-order valence-electron chi connectivity index (χ3n) is 8.33. The fraction of sp³-hybridized carbons (Fsp3) is 0.973. The van der Waals surface area contributed by atoms with Gasteiger partial charge in [-0.25, -0.2) is 0 Å². The van der Waals surface area contributed by atoms with Crippen molar-refractivity contribution in [1.82, 2.24) is 6.15 Å². The van der Waals surface area contributed by atoms with E-state index in [1.807, 2.05) is 0 Å². The molecule has 0 atom stereocenters. The minimum Gasteiger partial charge on any atom is -0.466 e. The third-order valence-corrected chi connectivity index (χ3v) is 8.33.